The summed E-state index contributed by atoms with van der Waals surface area (Å²) in [5.41, 5.74) is -0.166. The van der Waals surface area contributed by atoms with Crippen LogP contribution in [-0.4, -0.2) is 48.8 Å². The molecular weight excluding hydrogens is 283 g/mol. The Labute approximate surface area is 130 Å². The average Bonchev–Trinajstić information content (AvgIpc) is 2.38. The Hall–Kier alpha value is -1.91. The van der Waals surface area contributed by atoms with E-state index >= 15 is 0 Å². The summed E-state index contributed by atoms with van der Waals surface area (Å²) in [5.74, 6) is -3.51. The molecule has 1 aromatic heterocycles. The molecule has 21 heavy (non-hydrogen) atoms. The number of halogens is 2. The Morgan fingerprint density at radius 2 is 2.10 bits per heavy atom. The van der Waals surface area contributed by atoms with Crippen LogP contribution in [0, 0.1) is 0 Å². The number of carbonyl (C=O) groups is 2. The van der Waals surface area contributed by atoms with Crippen LogP contribution >= 0.6 is 0 Å². The molecule has 1 aromatic rings. The van der Waals surface area contributed by atoms with Crippen molar-refractivity contribution >= 4 is 36.4 Å². The predicted octanol–water partition coefficient (Wildman–Crippen LogP) is 0.136. The van der Waals surface area contributed by atoms with Crippen LogP contribution in [0.15, 0.2) is 24.5 Å². The summed E-state index contributed by atoms with van der Waals surface area (Å²) < 4.78 is 32.5. The number of alkyl halides is 2. The van der Waals surface area contributed by atoms with E-state index in [9.17, 15) is 23.5 Å². The number of nitrogens with zero attached hydrogens (tertiary/aromatic N) is 1. The van der Waals surface area contributed by atoms with Gasteiger partial charge in [0.05, 0.1) is 12.8 Å². The zero-order valence-corrected chi connectivity index (χ0v) is 11.3. The van der Waals surface area contributed by atoms with Gasteiger partial charge >= 0.3 is 12.6 Å². The molecule has 0 aliphatic rings. The van der Waals surface area contributed by atoms with E-state index in [2.05, 4.69) is 14.5 Å². The van der Waals surface area contributed by atoms with Crippen molar-refractivity contribution in [2.75, 3.05) is 6.61 Å². The first kappa shape index (κ1) is 19.1. The molecule has 0 aliphatic carbocycles. The first-order chi connectivity index (χ1) is 9.43. The van der Waals surface area contributed by atoms with Gasteiger partial charge in [-0.05, 0) is 24.6 Å². The fraction of sp³-hybridized carbons (Fsp3) is 0.250. The Bertz CT molecular complexity index is 536. The minimum Gasteiger partial charge on any atom is -0.872 e. The van der Waals surface area contributed by atoms with Crippen molar-refractivity contribution in [2.45, 2.75) is 13.5 Å². The molecule has 0 saturated heterocycles. The number of hydrogen-bond acceptors (Lipinski definition) is 6. The van der Waals surface area contributed by atoms with Crippen molar-refractivity contribution in [3.63, 3.8) is 0 Å². The number of ether oxygens (including phenoxy) is 2. The SMILES string of the molecule is CCOC(=O)C(=O)C=C([O-])c1cncc(OC(F)F)c1.[Li]. The molecule has 0 atom stereocenters. The van der Waals surface area contributed by atoms with Crippen LogP contribution < -0.4 is 9.84 Å². The molecule has 9 heteroatoms. The quantitative estimate of drug-likeness (QED) is 0.244. The normalized spacial score (nSPS) is 10.8. The molecule has 1 heterocycles. The molecular formula is C12H10F2LiNO5-. The Kier molecular flexibility index (Phi) is 8.27. The van der Waals surface area contributed by atoms with Gasteiger partial charge in [-0.2, -0.15) is 8.78 Å². The van der Waals surface area contributed by atoms with Crippen LogP contribution in [-0.2, 0) is 14.3 Å². The van der Waals surface area contributed by atoms with Gasteiger partial charge in [0.2, 0.25) is 0 Å². The third-order valence-electron chi connectivity index (χ3n) is 1.96. The average molecular weight is 293 g/mol. The van der Waals surface area contributed by atoms with Crippen molar-refractivity contribution in [1.82, 2.24) is 4.98 Å². The Balaban J connectivity index is 0.00000400. The van der Waals surface area contributed by atoms with E-state index in [0.29, 0.717) is 6.08 Å². The molecule has 6 nitrogen and oxygen atoms in total. The topological polar surface area (TPSA) is 88.6 Å². The van der Waals surface area contributed by atoms with Crippen molar-refractivity contribution in [3.05, 3.63) is 30.1 Å². The van der Waals surface area contributed by atoms with E-state index < -0.39 is 24.1 Å². The van der Waals surface area contributed by atoms with Crippen molar-refractivity contribution in [2.24, 2.45) is 0 Å². The summed E-state index contributed by atoms with van der Waals surface area (Å²) in [6.45, 7) is -1.57. The van der Waals surface area contributed by atoms with Crippen molar-refractivity contribution in [1.29, 1.82) is 0 Å². The second kappa shape index (κ2) is 9.10. The Morgan fingerprint density at radius 3 is 2.67 bits per heavy atom. The van der Waals surface area contributed by atoms with E-state index in [4.69, 9.17) is 0 Å². The van der Waals surface area contributed by atoms with Crippen LogP contribution in [0.2, 0.25) is 0 Å². The maximum atomic E-state index is 12.0. The summed E-state index contributed by atoms with van der Waals surface area (Å²) in [7, 11) is 0. The van der Waals surface area contributed by atoms with Crippen LogP contribution in [0.3, 0.4) is 0 Å². The third kappa shape index (κ3) is 6.38. The number of pyridine rings is 1. The summed E-state index contributed by atoms with van der Waals surface area (Å²) in [6, 6.07) is 0.983. The summed E-state index contributed by atoms with van der Waals surface area (Å²) in [5, 5.41) is 11.6. The van der Waals surface area contributed by atoms with Gasteiger partial charge in [-0.3, -0.25) is 9.78 Å². The number of rotatable bonds is 6. The molecule has 109 valence electrons. The molecule has 0 saturated carbocycles. The molecule has 0 aromatic carbocycles. The molecule has 0 bridgehead atoms. The van der Waals surface area contributed by atoms with Crippen molar-refractivity contribution in [3.8, 4) is 5.75 Å². The fourth-order valence-corrected chi connectivity index (χ4v) is 1.18. The molecule has 0 spiro atoms. The van der Waals surface area contributed by atoms with Gasteiger partial charge < -0.3 is 14.6 Å². The van der Waals surface area contributed by atoms with Gasteiger partial charge in [0.1, 0.15) is 5.75 Å². The van der Waals surface area contributed by atoms with Gasteiger partial charge in [0, 0.05) is 25.1 Å². The second-order valence-electron chi connectivity index (χ2n) is 3.38. The molecule has 1 radical (unpaired) electrons. The minimum atomic E-state index is -3.06. The second-order valence-corrected chi connectivity index (χ2v) is 3.38. The zero-order valence-electron chi connectivity index (χ0n) is 11.3. The van der Waals surface area contributed by atoms with Gasteiger partial charge in [-0.15, -0.1) is 0 Å². The number of carbonyl (C=O) groups excluding carboxylic acids is 2. The molecule has 0 N–H and O–H groups in total. The van der Waals surface area contributed by atoms with Crippen LogP contribution in [0.5, 0.6) is 5.75 Å². The predicted molar refractivity (Wildman–Crippen MR) is 66.2 cm³/mol. The minimum absolute atomic E-state index is 0. The standard InChI is InChI=1S/C12H11F2NO5.Li/c1-2-19-11(18)10(17)4-9(16)7-3-8(6-15-5-7)20-12(13)14;/h3-6,12,16H,2H2,1H3;/p-1. The number of aromatic nitrogens is 1. The van der Waals surface area contributed by atoms with Gasteiger partial charge in [0.15, 0.2) is 0 Å². The smallest absolute Gasteiger partial charge is 0.387 e. The molecule has 1 rings (SSSR count). The van der Waals surface area contributed by atoms with Crippen LogP contribution in [0.1, 0.15) is 12.5 Å². The van der Waals surface area contributed by atoms with E-state index in [0.717, 1.165) is 18.5 Å². The molecule has 0 unspecified atom stereocenters. The first-order valence-electron chi connectivity index (χ1n) is 5.44. The van der Waals surface area contributed by atoms with E-state index in [1.807, 2.05) is 0 Å². The van der Waals surface area contributed by atoms with Crippen LogP contribution in [0.4, 0.5) is 8.78 Å². The van der Waals surface area contributed by atoms with Gasteiger partial charge in [-0.1, -0.05) is 5.76 Å². The van der Waals surface area contributed by atoms with Gasteiger partial charge in [-0.25, -0.2) is 4.79 Å². The fourth-order valence-electron chi connectivity index (χ4n) is 1.18. The third-order valence-corrected chi connectivity index (χ3v) is 1.96. The largest absolute Gasteiger partial charge is 0.872 e. The molecule has 0 fully saturated rings. The molecule has 0 amide bonds. The van der Waals surface area contributed by atoms with E-state index in [1.165, 1.54) is 6.92 Å². The maximum absolute atomic E-state index is 12.0. The number of esters is 1. The summed E-state index contributed by atoms with van der Waals surface area (Å²) in [6.07, 6.45) is 2.53. The summed E-state index contributed by atoms with van der Waals surface area (Å²) in [4.78, 5) is 25.8. The molecule has 0 aliphatic heterocycles. The number of ketones is 1. The van der Waals surface area contributed by atoms with E-state index in [1.54, 1.807) is 0 Å². The van der Waals surface area contributed by atoms with Crippen LogP contribution in [0.25, 0.3) is 5.76 Å². The number of hydrogen-bond donors (Lipinski definition) is 0. The monoisotopic (exact) mass is 293 g/mol. The van der Waals surface area contributed by atoms with Gasteiger partial charge in [0.25, 0.3) is 5.78 Å². The van der Waals surface area contributed by atoms with E-state index in [-0.39, 0.29) is 36.8 Å². The first-order valence-corrected chi connectivity index (χ1v) is 5.44. The zero-order chi connectivity index (χ0) is 15.1. The maximum Gasteiger partial charge on any atom is 0.387 e. The Morgan fingerprint density at radius 1 is 1.43 bits per heavy atom. The summed E-state index contributed by atoms with van der Waals surface area (Å²) >= 11 is 0. The van der Waals surface area contributed by atoms with Crippen molar-refractivity contribution < 1.29 is 33.0 Å².